The summed E-state index contributed by atoms with van der Waals surface area (Å²) in [5, 5.41) is 12.9. The average molecular weight is 263 g/mol. The van der Waals surface area contributed by atoms with Crippen molar-refractivity contribution in [1.29, 1.82) is 0 Å². The molecule has 1 aromatic rings. The van der Waals surface area contributed by atoms with E-state index in [0.29, 0.717) is 6.54 Å². The van der Waals surface area contributed by atoms with E-state index < -0.39 is 6.10 Å². The number of anilines is 1. The molecule has 1 aromatic carbocycles. The van der Waals surface area contributed by atoms with Gasteiger partial charge in [0.1, 0.15) is 0 Å². The zero-order valence-electron chi connectivity index (χ0n) is 11.3. The van der Waals surface area contributed by atoms with Gasteiger partial charge < -0.3 is 15.2 Å². The molecule has 0 saturated carbocycles. The molecular formula is C15H21NO3. The third kappa shape index (κ3) is 3.96. The molecule has 1 aliphatic carbocycles. The first kappa shape index (κ1) is 13.9. The Kier molecular flexibility index (Phi) is 4.80. The number of methoxy groups -OCH3 is 1. The zero-order valence-corrected chi connectivity index (χ0v) is 11.3. The smallest absolute Gasteiger partial charge is 0.308 e. The van der Waals surface area contributed by atoms with Crippen molar-refractivity contribution in [2.24, 2.45) is 0 Å². The topological polar surface area (TPSA) is 58.6 Å². The van der Waals surface area contributed by atoms with Crippen LogP contribution in [0.2, 0.25) is 0 Å². The Morgan fingerprint density at radius 3 is 2.84 bits per heavy atom. The lowest BCUT2D eigenvalue weighted by molar-refractivity contribution is -0.142. The van der Waals surface area contributed by atoms with Crippen LogP contribution in [0.25, 0.3) is 0 Å². The number of carbonyl (C=O) groups is 1. The van der Waals surface area contributed by atoms with Crippen molar-refractivity contribution in [3.63, 3.8) is 0 Å². The monoisotopic (exact) mass is 263 g/mol. The zero-order chi connectivity index (χ0) is 13.7. The lowest BCUT2D eigenvalue weighted by atomic mass is 9.91. The lowest BCUT2D eigenvalue weighted by Gasteiger charge is -2.18. The molecule has 104 valence electrons. The normalized spacial score (nSPS) is 15.5. The van der Waals surface area contributed by atoms with E-state index in [-0.39, 0.29) is 12.4 Å². The Bertz CT molecular complexity index is 445. The minimum Gasteiger partial charge on any atom is -0.469 e. The maximum atomic E-state index is 11.0. The highest BCUT2D eigenvalue weighted by Gasteiger charge is 2.12. The van der Waals surface area contributed by atoms with E-state index in [1.54, 1.807) is 0 Å². The Morgan fingerprint density at radius 2 is 2.11 bits per heavy atom. The molecule has 0 aromatic heterocycles. The molecule has 2 rings (SSSR count). The molecule has 0 saturated heterocycles. The van der Waals surface area contributed by atoms with Crippen molar-refractivity contribution in [1.82, 2.24) is 0 Å². The molecule has 1 unspecified atom stereocenters. The maximum Gasteiger partial charge on any atom is 0.308 e. The molecule has 4 nitrogen and oxygen atoms in total. The van der Waals surface area contributed by atoms with Gasteiger partial charge in [-0.2, -0.15) is 0 Å². The number of fused-ring (bicyclic) bond motifs is 1. The number of hydrogen-bond donors (Lipinski definition) is 2. The Labute approximate surface area is 113 Å². The third-order valence-electron chi connectivity index (χ3n) is 3.52. The quantitative estimate of drug-likeness (QED) is 0.797. The van der Waals surface area contributed by atoms with Gasteiger partial charge in [0, 0.05) is 12.2 Å². The van der Waals surface area contributed by atoms with E-state index in [2.05, 4.69) is 22.2 Å². The molecule has 0 fully saturated rings. The van der Waals surface area contributed by atoms with Crippen LogP contribution in [0.4, 0.5) is 5.69 Å². The first-order valence-electron chi connectivity index (χ1n) is 6.79. The van der Waals surface area contributed by atoms with E-state index in [1.165, 1.54) is 37.5 Å². The van der Waals surface area contributed by atoms with Crippen molar-refractivity contribution < 1.29 is 14.6 Å². The molecule has 2 N–H and O–H groups in total. The fourth-order valence-electron chi connectivity index (χ4n) is 2.43. The van der Waals surface area contributed by atoms with Gasteiger partial charge >= 0.3 is 5.97 Å². The van der Waals surface area contributed by atoms with Gasteiger partial charge in [-0.3, -0.25) is 4.79 Å². The summed E-state index contributed by atoms with van der Waals surface area (Å²) in [5.41, 5.74) is 3.84. The first-order valence-corrected chi connectivity index (χ1v) is 6.79. The summed E-state index contributed by atoms with van der Waals surface area (Å²) in [4.78, 5) is 11.0. The highest BCUT2D eigenvalue weighted by Crippen LogP contribution is 2.24. The number of nitrogens with one attached hydrogen (secondary N) is 1. The highest BCUT2D eigenvalue weighted by atomic mass is 16.5. The number of rotatable bonds is 5. The predicted octanol–water partition coefficient (Wildman–Crippen LogP) is 1.90. The molecule has 19 heavy (non-hydrogen) atoms. The highest BCUT2D eigenvalue weighted by molar-refractivity contribution is 5.69. The number of aliphatic hydroxyl groups excluding tert-OH is 1. The summed E-state index contributed by atoms with van der Waals surface area (Å²) >= 11 is 0. The van der Waals surface area contributed by atoms with Gasteiger partial charge in [0.05, 0.1) is 19.6 Å². The molecule has 0 amide bonds. The van der Waals surface area contributed by atoms with Gasteiger partial charge in [0.2, 0.25) is 0 Å². The van der Waals surface area contributed by atoms with E-state index in [4.69, 9.17) is 0 Å². The molecule has 0 spiro atoms. The third-order valence-corrected chi connectivity index (χ3v) is 3.52. The fraction of sp³-hybridized carbons (Fsp3) is 0.533. The largest absolute Gasteiger partial charge is 0.469 e. The SMILES string of the molecule is COC(=O)CC(O)CNc1ccc2c(c1)CCCC2. The number of aliphatic hydroxyl groups is 1. The lowest BCUT2D eigenvalue weighted by Crippen LogP contribution is -2.23. The van der Waals surface area contributed by atoms with Crippen LogP contribution in [-0.4, -0.2) is 30.8 Å². The number of esters is 1. The van der Waals surface area contributed by atoms with Gasteiger partial charge in [0.15, 0.2) is 0 Å². The molecular weight excluding hydrogens is 242 g/mol. The van der Waals surface area contributed by atoms with Crippen molar-refractivity contribution in [2.75, 3.05) is 19.0 Å². The number of benzene rings is 1. The molecule has 1 aliphatic rings. The summed E-state index contributed by atoms with van der Waals surface area (Å²) in [7, 11) is 1.33. The molecule has 0 aliphatic heterocycles. The molecule has 0 heterocycles. The second-order valence-corrected chi connectivity index (χ2v) is 5.01. The summed E-state index contributed by atoms with van der Waals surface area (Å²) in [6, 6.07) is 6.35. The Morgan fingerprint density at radius 1 is 1.37 bits per heavy atom. The standard InChI is InChI=1S/C15H21NO3/c1-19-15(18)9-14(17)10-16-13-7-6-11-4-2-3-5-12(11)8-13/h6-8,14,16-17H,2-5,9-10H2,1H3. The number of carbonyl (C=O) groups excluding carboxylic acids is 1. The van der Waals surface area contributed by atoms with Gasteiger partial charge in [-0.1, -0.05) is 6.07 Å². The number of ether oxygens (including phenoxy) is 1. The predicted molar refractivity (Wildman–Crippen MR) is 74.2 cm³/mol. The van der Waals surface area contributed by atoms with Gasteiger partial charge in [0.25, 0.3) is 0 Å². The summed E-state index contributed by atoms with van der Waals surface area (Å²) in [5.74, 6) is -0.389. The maximum absolute atomic E-state index is 11.0. The minimum atomic E-state index is -0.719. The van der Waals surface area contributed by atoms with Crippen molar-refractivity contribution in [2.45, 2.75) is 38.2 Å². The van der Waals surface area contributed by atoms with Crippen LogP contribution < -0.4 is 5.32 Å². The van der Waals surface area contributed by atoms with Crippen molar-refractivity contribution in [3.05, 3.63) is 29.3 Å². The van der Waals surface area contributed by atoms with Crippen LogP contribution in [0.5, 0.6) is 0 Å². The number of aryl methyl sites for hydroxylation is 2. The van der Waals surface area contributed by atoms with Crippen LogP contribution in [-0.2, 0) is 22.4 Å². The van der Waals surface area contributed by atoms with Crippen molar-refractivity contribution >= 4 is 11.7 Å². The molecule has 1 atom stereocenters. The second kappa shape index (κ2) is 6.57. The molecule has 0 bridgehead atoms. The van der Waals surface area contributed by atoms with E-state index in [1.807, 2.05) is 6.07 Å². The minimum absolute atomic E-state index is 0.0223. The molecule has 4 heteroatoms. The summed E-state index contributed by atoms with van der Waals surface area (Å²) in [6.07, 6.45) is 4.13. The Balaban J connectivity index is 1.87. The van der Waals surface area contributed by atoms with Crippen LogP contribution in [0.1, 0.15) is 30.4 Å². The van der Waals surface area contributed by atoms with Crippen LogP contribution in [0, 0.1) is 0 Å². The van der Waals surface area contributed by atoms with Gasteiger partial charge in [-0.25, -0.2) is 0 Å². The average Bonchev–Trinajstić information content (AvgIpc) is 2.44. The van der Waals surface area contributed by atoms with Crippen LogP contribution in [0.3, 0.4) is 0 Å². The van der Waals surface area contributed by atoms with Crippen LogP contribution in [0.15, 0.2) is 18.2 Å². The summed E-state index contributed by atoms with van der Waals surface area (Å²) < 4.78 is 4.52. The van der Waals surface area contributed by atoms with E-state index in [9.17, 15) is 9.90 Å². The Hall–Kier alpha value is -1.55. The first-order chi connectivity index (χ1) is 9.19. The van der Waals surface area contributed by atoms with Crippen molar-refractivity contribution in [3.8, 4) is 0 Å². The van der Waals surface area contributed by atoms with E-state index in [0.717, 1.165) is 12.1 Å². The van der Waals surface area contributed by atoms with Gasteiger partial charge in [-0.15, -0.1) is 0 Å². The summed E-state index contributed by atoms with van der Waals surface area (Å²) in [6.45, 7) is 0.355. The molecule has 0 radical (unpaired) electrons. The fourth-order valence-corrected chi connectivity index (χ4v) is 2.43. The van der Waals surface area contributed by atoms with E-state index >= 15 is 0 Å². The van der Waals surface area contributed by atoms with Crippen LogP contribution >= 0.6 is 0 Å². The number of hydrogen-bond acceptors (Lipinski definition) is 4. The van der Waals surface area contributed by atoms with Gasteiger partial charge in [-0.05, 0) is 48.9 Å². The second-order valence-electron chi connectivity index (χ2n) is 5.01.